The van der Waals surface area contributed by atoms with Crippen LogP contribution in [-0.2, 0) is 0 Å². The van der Waals surface area contributed by atoms with Gasteiger partial charge in [-0.3, -0.25) is 14.6 Å². The van der Waals surface area contributed by atoms with E-state index in [1.54, 1.807) is 37.6 Å². The number of anilines is 3. The van der Waals surface area contributed by atoms with Gasteiger partial charge in [0.1, 0.15) is 0 Å². The predicted molar refractivity (Wildman–Crippen MR) is 122 cm³/mol. The molecule has 0 aliphatic carbocycles. The molecule has 154 valence electrons. The maximum atomic E-state index is 13.2. The minimum Gasteiger partial charge on any atom is -0.355 e. The van der Waals surface area contributed by atoms with Gasteiger partial charge in [0, 0.05) is 42.3 Å². The summed E-state index contributed by atoms with van der Waals surface area (Å²) in [5, 5.41) is 10.4. The number of benzene rings is 2. The lowest BCUT2D eigenvalue weighted by molar-refractivity contribution is 0.0961. The minimum atomic E-state index is -0.305. The van der Waals surface area contributed by atoms with E-state index in [1.807, 2.05) is 43.3 Å². The van der Waals surface area contributed by atoms with Crippen LogP contribution in [0, 0.1) is 6.92 Å². The second-order valence-corrected chi connectivity index (χ2v) is 7.00. The van der Waals surface area contributed by atoms with Crippen molar-refractivity contribution in [3.8, 4) is 0 Å². The summed E-state index contributed by atoms with van der Waals surface area (Å²) in [6, 6.07) is 16.6. The van der Waals surface area contributed by atoms with Crippen LogP contribution in [0.15, 0.2) is 73.2 Å². The third kappa shape index (κ3) is 4.20. The van der Waals surface area contributed by atoms with Crippen LogP contribution in [0.3, 0.4) is 0 Å². The highest BCUT2D eigenvalue weighted by Gasteiger charge is 2.16. The third-order valence-corrected chi connectivity index (χ3v) is 4.95. The Bertz CT molecular complexity index is 1280. The van der Waals surface area contributed by atoms with Gasteiger partial charge < -0.3 is 16.0 Å². The van der Waals surface area contributed by atoms with Crippen LogP contribution in [0.1, 0.15) is 26.3 Å². The van der Waals surface area contributed by atoms with E-state index in [1.165, 1.54) is 6.20 Å². The monoisotopic (exact) mass is 411 g/mol. The summed E-state index contributed by atoms with van der Waals surface area (Å²) in [5.41, 5.74) is 3.13. The van der Waals surface area contributed by atoms with Gasteiger partial charge in [0.15, 0.2) is 5.82 Å². The van der Waals surface area contributed by atoms with Crippen molar-refractivity contribution < 1.29 is 9.59 Å². The van der Waals surface area contributed by atoms with Crippen molar-refractivity contribution >= 4 is 39.8 Å². The van der Waals surface area contributed by atoms with Crippen LogP contribution in [-0.4, -0.2) is 28.8 Å². The summed E-state index contributed by atoms with van der Waals surface area (Å²) in [6.07, 6.45) is 4.84. The number of nitrogens with one attached hydrogen (secondary N) is 3. The Morgan fingerprint density at radius 2 is 1.74 bits per heavy atom. The van der Waals surface area contributed by atoms with Crippen molar-refractivity contribution in [3.05, 3.63) is 89.9 Å². The van der Waals surface area contributed by atoms with Crippen molar-refractivity contribution in [3.63, 3.8) is 0 Å². The lowest BCUT2D eigenvalue weighted by Gasteiger charge is -2.15. The van der Waals surface area contributed by atoms with Crippen molar-refractivity contribution in [1.82, 2.24) is 15.3 Å². The van der Waals surface area contributed by atoms with Crippen LogP contribution in [0.4, 0.5) is 17.2 Å². The minimum absolute atomic E-state index is 0.290. The van der Waals surface area contributed by atoms with Gasteiger partial charge in [0.05, 0.1) is 11.3 Å². The number of para-hydroxylation sites is 1. The van der Waals surface area contributed by atoms with E-state index in [9.17, 15) is 9.59 Å². The Morgan fingerprint density at radius 3 is 2.55 bits per heavy atom. The van der Waals surface area contributed by atoms with Crippen LogP contribution in [0.5, 0.6) is 0 Å². The van der Waals surface area contributed by atoms with Crippen LogP contribution in [0.2, 0.25) is 0 Å². The fourth-order valence-corrected chi connectivity index (χ4v) is 3.28. The van der Waals surface area contributed by atoms with Crippen molar-refractivity contribution in [2.45, 2.75) is 6.92 Å². The number of rotatable bonds is 5. The number of nitrogens with zero attached hydrogens (tertiary/aromatic N) is 2. The van der Waals surface area contributed by atoms with Gasteiger partial charge in [-0.05, 0) is 42.1 Å². The fourth-order valence-electron chi connectivity index (χ4n) is 3.28. The highest BCUT2D eigenvalue weighted by atomic mass is 16.2. The standard InChI is InChI=1S/C24H21N5O2/c1-15-6-3-4-9-20(15)28-22-21(12-17(14-27-22)23(30)25-2)29-24(31)19-8-5-7-16-13-26-11-10-18(16)19/h3-14H,1-2H3,(H,25,30)(H,27,28)(H,29,31). The molecule has 0 aliphatic heterocycles. The van der Waals surface area contributed by atoms with E-state index in [2.05, 4.69) is 25.9 Å². The van der Waals surface area contributed by atoms with E-state index < -0.39 is 0 Å². The first-order chi connectivity index (χ1) is 15.1. The average Bonchev–Trinajstić information content (AvgIpc) is 2.80. The Kier molecular flexibility index (Phi) is 5.57. The predicted octanol–water partition coefficient (Wildman–Crippen LogP) is 4.29. The first-order valence-electron chi connectivity index (χ1n) is 9.75. The van der Waals surface area contributed by atoms with Gasteiger partial charge >= 0.3 is 0 Å². The maximum Gasteiger partial charge on any atom is 0.256 e. The number of aromatic nitrogens is 2. The highest BCUT2D eigenvalue weighted by molar-refractivity contribution is 6.14. The Hall–Kier alpha value is -4.26. The van der Waals surface area contributed by atoms with E-state index in [-0.39, 0.29) is 11.8 Å². The average molecular weight is 411 g/mol. The number of carbonyl (C=O) groups is 2. The van der Waals surface area contributed by atoms with Gasteiger partial charge in [-0.15, -0.1) is 0 Å². The molecule has 0 saturated heterocycles. The summed E-state index contributed by atoms with van der Waals surface area (Å²) >= 11 is 0. The Labute approximate surface area is 179 Å². The SMILES string of the molecule is CNC(=O)c1cnc(Nc2ccccc2C)c(NC(=O)c2cccc3cnccc23)c1. The van der Waals surface area contributed by atoms with Crippen molar-refractivity contribution in [2.24, 2.45) is 0 Å². The molecule has 0 unspecified atom stereocenters. The van der Waals surface area contributed by atoms with Crippen LogP contribution < -0.4 is 16.0 Å². The summed E-state index contributed by atoms with van der Waals surface area (Å²) < 4.78 is 0. The van der Waals surface area contributed by atoms with Crippen LogP contribution >= 0.6 is 0 Å². The Morgan fingerprint density at radius 1 is 0.903 bits per heavy atom. The van der Waals surface area contributed by atoms with Gasteiger partial charge in [-0.25, -0.2) is 4.98 Å². The number of fused-ring (bicyclic) bond motifs is 1. The van der Waals surface area contributed by atoms with Gasteiger partial charge in [0.2, 0.25) is 0 Å². The highest BCUT2D eigenvalue weighted by Crippen LogP contribution is 2.27. The molecule has 2 amide bonds. The molecule has 0 spiro atoms. The molecule has 31 heavy (non-hydrogen) atoms. The molecule has 2 heterocycles. The van der Waals surface area contributed by atoms with E-state index >= 15 is 0 Å². The number of hydrogen-bond donors (Lipinski definition) is 3. The first kappa shape index (κ1) is 20.0. The van der Waals surface area contributed by atoms with E-state index in [0.717, 1.165) is 22.0 Å². The maximum absolute atomic E-state index is 13.2. The molecule has 0 aliphatic rings. The molecule has 4 aromatic rings. The quantitative estimate of drug-likeness (QED) is 0.455. The first-order valence-corrected chi connectivity index (χ1v) is 9.75. The number of aryl methyl sites for hydroxylation is 1. The normalized spacial score (nSPS) is 10.5. The Balaban J connectivity index is 1.73. The number of hydrogen-bond acceptors (Lipinski definition) is 5. The molecule has 0 saturated carbocycles. The molecule has 0 radical (unpaired) electrons. The molecule has 0 bridgehead atoms. The van der Waals surface area contributed by atoms with Crippen molar-refractivity contribution in [1.29, 1.82) is 0 Å². The third-order valence-electron chi connectivity index (χ3n) is 4.95. The molecule has 2 aromatic heterocycles. The fraction of sp³-hybridized carbons (Fsp3) is 0.0833. The number of carbonyl (C=O) groups excluding carboxylic acids is 2. The zero-order valence-electron chi connectivity index (χ0n) is 17.1. The summed E-state index contributed by atoms with van der Waals surface area (Å²) in [4.78, 5) is 33.8. The molecule has 3 N–H and O–H groups in total. The molecule has 7 nitrogen and oxygen atoms in total. The molecular formula is C24H21N5O2. The van der Waals surface area contributed by atoms with Gasteiger partial charge in [0.25, 0.3) is 11.8 Å². The van der Waals surface area contributed by atoms with Crippen LogP contribution in [0.25, 0.3) is 10.8 Å². The molecule has 0 atom stereocenters. The molecule has 2 aromatic carbocycles. The smallest absolute Gasteiger partial charge is 0.256 e. The largest absolute Gasteiger partial charge is 0.355 e. The van der Waals surface area contributed by atoms with Crippen molar-refractivity contribution in [2.75, 3.05) is 17.7 Å². The van der Waals surface area contributed by atoms with E-state index in [0.29, 0.717) is 22.6 Å². The molecular weight excluding hydrogens is 390 g/mol. The summed E-state index contributed by atoms with van der Waals surface area (Å²) in [7, 11) is 1.55. The molecule has 4 rings (SSSR count). The van der Waals surface area contributed by atoms with Gasteiger partial charge in [-0.1, -0.05) is 30.3 Å². The summed E-state index contributed by atoms with van der Waals surface area (Å²) in [5.74, 6) is -0.153. The zero-order valence-corrected chi connectivity index (χ0v) is 17.1. The number of amides is 2. The second-order valence-electron chi connectivity index (χ2n) is 7.00. The number of pyridine rings is 2. The lowest BCUT2D eigenvalue weighted by Crippen LogP contribution is -2.20. The van der Waals surface area contributed by atoms with E-state index in [4.69, 9.17) is 0 Å². The molecule has 0 fully saturated rings. The second kappa shape index (κ2) is 8.62. The summed E-state index contributed by atoms with van der Waals surface area (Å²) in [6.45, 7) is 1.98. The molecule has 7 heteroatoms. The topological polar surface area (TPSA) is 96.0 Å². The van der Waals surface area contributed by atoms with Gasteiger partial charge in [-0.2, -0.15) is 0 Å². The lowest BCUT2D eigenvalue weighted by atomic mass is 10.1. The zero-order chi connectivity index (χ0) is 21.8.